The van der Waals surface area contributed by atoms with Crippen LogP contribution in [0.1, 0.15) is 42.6 Å². The summed E-state index contributed by atoms with van der Waals surface area (Å²) in [5, 5.41) is 5.52. The molecular formula is C18H20N2O2. The first-order valence-electron chi connectivity index (χ1n) is 7.24. The summed E-state index contributed by atoms with van der Waals surface area (Å²) in [7, 11) is 0. The smallest absolute Gasteiger partial charge is 0.255 e. The molecule has 0 bridgehead atoms. The third-order valence-electron chi connectivity index (χ3n) is 3.28. The molecule has 4 nitrogen and oxygen atoms in total. The third-order valence-corrected chi connectivity index (χ3v) is 3.28. The summed E-state index contributed by atoms with van der Waals surface area (Å²) < 4.78 is 0. The van der Waals surface area contributed by atoms with Crippen molar-refractivity contribution in [3.63, 3.8) is 0 Å². The molecule has 0 radical (unpaired) electrons. The van der Waals surface area contributed by atoms with Gasteiger partial charge >= 0.3 is 0 Å². The van der Waals surface area contributed by atoms with Gasteiger partial charge in [0.15, 0.2) is 0 Å². The van der Waals surface area contributed by atoms with E-state index in [1.807, 2.05) is 24.3 Å². The predicted molar refractivity (Wildman–Crippen MR) is 89.2 cm³/mol. The van der Waals surface area contributed by atoms with Gasteiger partial charge < -0.3 is 10.6 Å². The van der Waals surface area contributed by atoms with Gasteiger partial charge in [-0.1, -0.05) is 32.0 Å². The molecule has 0 aliphatic rings. The lowest BCUT2D eigenvalue weighted by molar-refractivity contribution is -0.114. The quantitative estimate of drug-likeness (QED) is 0.895. The first-order chi connectivity index (χ1) is 10.5. The number of amides is 2. The molecule has 114 valence electrons. The molecule has 0 aliphatic carbocycles. The molecule has 0 unspecified atom stereocenters. The van der Waals surface area contributed by atoms with Crippen molar-refractivity contribution in [1.29, 1.82) is 0 Å². The van der Waals surface area contributed by atoms with Gasteiger partial charge in [0, 0.05) is 23.9 Å². The average Bonchev–Trinajstić information content (AvgIpc) is 2.47. The molecule has 0 spiro atoms. The Morgan fingerprint density at radius 1 is 0.909 bits per heavy atom. The monoisotopic (exact) mass is 296 g/mol. The lowest BCUT2D eigenvalue weighted by Gasteiger charge is -2.09. The number of anilines is 2. The SMILES string of the molecule is CC(=O)Nc1cccc(NC(=O)c2ccc(C(C)C)cc2)c1. The first kappa shape index (κ1) is 15.8. The molecule has 0 saturated heterocycles. The van der Waals surface area contributed by atoms with Gasteiger partial charge in [0.25, 0.3) is 5.91 Å². The Bertz CT molecular complexity index is 676. The van der Waals surface area contributed by atoms with Crippen LogP contribution in [-0.4, -0.2) is 11.8 Å². The van der Waals surface area contributed by atoms with Crippen LogP contribution in [0.2, 0.25) is 0 Å². The summed E-state index contributed by atoms with van der Waals surface area (Å²) in [5.74, 6) is 0.120. The second-order valence-electron chi connectivity index (χ2n) is 5.49. The number of nitrogens with one attached hydrogen (secondary N) is 2. The summed E-state index contributed by atoms with van der Waals surface area (Å²) in [4.78, 5) is 23.3. The van der Waals surface area contributed by atoms with Gasteiger partial charge in [-0.15, -0.1) is 0 Å². The van der Waals surface area contributed by atoms with Gasteiger partial charge in [-0.05, 0) is 41.8 Å². The summed E-state index contributed by atoms with van der Waals surface area (Å²) in [6.45, 7) is 5.67. The van der Waals surface area contributed by atoms with Crippen molar-refractivity contribution in [2.45, 2.75) is 26.7 Å². The van der Waals surface area contributed by atoms with Crippen LogP contribution in [0, 0.1) is 0 Å². The normalized spacial score (nSPS) is 10.4. The Balaban J connectivity index is 2.09. The highest BCUT2D eigenvalue weighted by Crippen LogP contribution is 2.18. The number of hydrogen-bond acceptors (Lipinski definition) is 2. The highest BCUT2D eigenvalue weighted by atomic mass is 16.2. The fourth-order valence-corrected chi connectivity index (χ4v) is 2.10. The number of carbonyl (C=O) groups is 2. The molecule has 2 rings (SSSR count). The van der Waals surface area contributed by atoms with Crippen molar-refractivity contribution in [2.75, 3.05) is 10.6 Å². The highest BCUT2D eigenvalue weighted by Gasteiger charge is 2.07. The zero-order chi connectivity index (χ0) is 16.1. The van der Waals surface area contributed by atoms with Crippen molar-refractivity contribution in [3.8, 4) is 0 Å². The molecule has 4 heteroatoms. The molecule has 22 heavy (non-hydrogen) atoms. The van der Waals surface area contributed by atoms with E-state index in [0.717, 1.165) is 0 Å². The van der Waals surface area contributed by atoms with Crippen LogP contribution in [0.3, 0.4) is 0 Å². The van der Waals surface area contributed by atoms with Crippen LogP contribution in [0.5, 0.6) is 0 Å². The molecule has 2 aromatic rings. The topological polar surface area (TPSA) is 58.2 Å². The van der Waals surface area contributed by atoms with Crippen molar-refractivity contribution >= 4 is 23.2 Å². The van der Waals surface area contributed by atoms with E-state index in [4.69, 9.17) is 0 Å². The number of benzene rings is 2. The van der Waals surface area contributed by atoms with Crippen LogP contribution < -0.4 is 10.6 Å². The Hall–Kier alpha value is -2.62. The molecule has 0 saturated carbocycles. The van der Waals surface area contributed by atoms with Gasteiger partial charge in [-0.3, -0.25) is 9.59 Å². The lowest BCUT2D eigenvalue weighted by atomic mass is 10.0. The van der Waals surface area contributed by atoms with Crippen LogP contribution in [0.25, 0.3) is 0 Å². The average molecular weight is 296 g/mol. The second kappa shape index (κ2) is 6.89. The molecular weight excluding hydrogens is 276 g/mol. The zero-order valence-electron chi connectivity index (χ0n) is 13.0. The number of rotatable bonds is 4. The van der Waals surface area contributed by atoms with Crippen molar-refractivity contribution < 1.29 is 9.59 Å². The van der Waals surface area contributed by atoms with Crippen molar-refractivity contribution in [3.05, 3.63) is 59.7 Å². The Kier molecular flexibility index (Phi) is 4.94. The highest BCUT2D eigenvalue weighted by molar-refractivity contribution is 6.04. The minimum atomic E-state index is -0.171. The molecule has 0 fully saturated rings. The summed E-state index contributed by atoms with van der Waals surface area (Å²) >= 11 is 0. The Morgan fingerprint density at radius 2 is 1.50 bits per heavy atom. The summed E-state index contributed by atoms with van der Waals surface area (Å²) in [6.07, 6.45) is 0. The van der Waals surface area contributed by atoms with E-state index in [-0.39, 0.29) is 11.8 Å². The van der Waals surface area contributed by atoms with E-state index in [2.05, 4.69) is 24.5 Å². The number of hydrogen-bond donors (Lipinski definition) is 2. The van der Waals surface area contributed by atoms with Crippen molar-refractivity contribution in [1.82, 2.24) is 0 Å². The van der Waals surface area contributed by atoms with Crippen LogP contribution in [0.4, 0.5) is 11.4 Å². The van der Waals surface area contributed by atoms with E-state index < -0.39 is 0 Å². The van der Waals surface area contributed by atoms with E-state index in [1.165, 1.54) is 12.5 Å². The molecule has 0 heterocycles. The lowest BCUT2D eigenvalue weighted by Crippen LogP contribution is -2.12. The molecule has 0 atom stereocenters. The van der Waals surface area contributed by atoms with E-state index in [0.29, 0.717) is 22.9 Å². The molecule has 2 aromatic carbocycles. The maximum atomic E-state index is 12.2. The minimum absolute atomic E-state index is 0.146. The fraction of sp³-hybridized carbons (Fsp3) is 0.222. The van der Waals surface area contributed by atoms with Gasteiger partial charge in [0.1, 0.15) is 0 Å². The maximum Gasteiger partial charge on any atom is 0.255 e. The Morgan fingerprint density at radius 3 is 2.05 bits per heavy atom. The van der Waals surface area contributed by atoms with Gasteiger partial charge in [-0.25, -0.2) is 0 Å². The van der Waals surface area contributed by atoms with Gasteiger partial charge in [-0.2, -0.15) is 0 Å². The van der Waals surface area contributed by atoms with Crippen molar-refractivity contribution in [2.24, 2.45) is 0 Å². The molecule has 2 N–H and O–H groups in total. The standard InChI is InChI=1S/C18H20N2O2/c1-12(2)14-7-9-15(10-8-14)18(22)20-17-6-4-5-16(11-17)19-13(3)21/h4-12H,1-3H3,(H,19,21)(H,20,22). The summed E-state index contributed by atoms with van der Waals surface area (Å²) in [5.41, 5.74) is 3.10. The number of carbonyl (C=O) groups excluding carboxylic acids is 2. The van der Waals surface area contributed by atoms with Crippen LogP contribution >= 0.6 is 0 Å². The molecule has 2 amide bonds. The van der Waals surface area contributed by atoms with E-state index in [1.54, 1.807) is 24.3 Å². The largest absolute Gasteiger partial charge is 0.326 e. The summed E-state index contributed by atoms with van der Waals surface area (Å²) in [6, 6.07) is 14.6. The fourth-order valence-electron chi connectivity index (χ4n) is 2.10. The molecule has 0 aromatic heterocycles. The predicted octanol–water partition coefficient (Wildman–Crippen LogP) is 4.02. The van der Waals surface area contributed by atoms with Crippen LogP contribution in [-0.2, 0) is 4.79 Å². The second-order valence-corrected chi connectivity index (χ2v) is 5.49. The van der Waals surface area contributed by atoms with Gasteiger partial charge in [0.2, 0.25) is 5.91 Å². The van der Waals surface area contributed by atoms with Gasteiger partial charge in [0.05, 0.1) is 0 Å². The van der Waals surface area contributed by atoms with Crippen LogP contribution in [0.15, 0.2) is 48.5 Å². The third kappa shape index (κ3) is 4.19. The Labute approximate surface area is 130 Å². The van der Waals surface area contributed by atoms with E-state index >= 15 is 0 Å². The van der Waals surface area contributed by atoms with E-state index in [9.17, 15) is 9.59 Å². The molecule has 0 aliphatic heterocycles. The maximum absolute atomic E-state index is 12.2. The zero-order valence-corrected chi connectivity index (χ0v) is 13.0. The minimum Gasteiger partial charge on any atom is -0.326 e. The first-order valence-corrected chi connectivity index (χ1v) is 7.24.